The van der Waals surface area contributed by atoms with Crippen molar-refractivity contribution in [3.63, 3.8) is 0 Å². The monoisotopic (exact) mass is 369 g/mol. The van der Waals surface area contributed by atoms with E-state index in [1.807, 2.05) is 0 Å². The van der Waals surface area contributed by atoms with Gasteiger partial charge in [0, 0.05) is 11.3 Å². The smallest absolute Gasteiger partial charge is 0.325 e. The van der Waals surface area contributed by atoms with E-state index in [-0.39, 0.29) is 36.5 Å². The number of hydrogen-bond donors (Lipinski definition) is 5. The first-order chi connectivity index (χ1) is 9.41. The fraction of sp³-hybridized carbons (Fsp3) is 0.182. The lowest BCUT2D eigenvalue weighted by molar-refractivity contribution is -0.138. The van der Waals surface area contributed by atoms with Crippen LogP contribution in [0.15, 0.2) is 28.4 Å². The van der Waals surface area contributed by atoms with E-state index in [0.717, 1.165) is 0 Å². The van der Waals surface area contributed by atoms with Gasteiger partial charge in [0.1, 0.15) is 11.8 Å². The van der Waals surface area contributed by atoms with Gasteiger partial charge in [0.15, 0.2) is 0 Å². The number of benzene rings is 1. The highest BCUT2D eigenvalue weighted by Gasteiger charge is 2.15. The molecule has 0 radical (unpaired) electrons. The van der Waals surface area contributed by atoms with Gasteiger partial charge in [0.05, 0.1) is 5.55 Å². The number of phenolic OH excluding ortho intramolecular Hbond substituents is 1. The second kappa shape index (κ2) is 11.0. The molecule has 0 aliphatic carbocycles. The standard InChI is InChI=1S/C11H15N5O3S.2ClH/c12-9(10(18)19)6-1-2-8(17)7(3-6)4-20-5-15-16-11(13)14;;/h1-3,5,9,17H,4,12H2,(H,18,19)(H4,13,14,16);2*1H. The van der Waals surface area contributed by atoms with Crippen molar-refractivity contribution in [3.8, 4) is 5.75 Å². The van der Waals surface area contributed by atoms with Crippen LogP contribution in [-0.4, -0.2) is 27.7 Å². The Bertz CT molecular complexity index is 553. The lowest BCUT2D eigenvalue weighted by Gasteiger charge is -2.09. The number of aliphatic carboxylic acids is 1. The quantitative estimate of drug-likeness (QED) is 0.281. The zero-order valence-corrected chi connectivity index (χ0v) is 13.7. The van der Waals surface area contributed by atoms with Crippen molar-refractivity contribution in [3.05, 3.63) is 29.3 Å². The predicted molar refractivity (Wildman–Crippen MR) is 92.8 cm³/mol. The van der Waals surface area contributed by atoms with E-state index >= 15 is 0 Å². The van der Waals surface area contributed by atoms with Gasteiger partial charge in [-0.05, 0) is 17.7 Å². The summed E-state index contributed by atoms with van der Waals surface area (Å²) in [5, 5.41) is 25.5. The fourth-order valence-electron chi connectivity index (χ4n) is 1.31. The molecule has 0 aliphatic rings. The molecular weight excluding hydrogens is 353 g/mol. The Morgan fingerprint density at radius 3 is 2.55 bits per heavy atom. The number of phenols is 1. The summed E-state index contributed by atoms with van der Waals surface area (Å²) in [7, 11) is 0. The summed E-state index contributed by atoms with van der Waals surface area (Å²) in [6, 6.07) is 3.28. The molecule has 0 aliphatic heterocycles. The average Bonchev–Trinajstić information content (AvgIpc) is 2.39. The topological polar surface area (TPSA) is 160 Å². The number of guanidine groups is 1. The third-order valence-electron chi connectivity index (χ3n) is 2.26. The normalized spacial score (nSPS) is 11.1. The first-order valence-corrected chi connectivity index (χ1v) is 6.49. The molecule has 0 saturated carbocycles. The molecular formula is C11H17Cl2N5O3S. The van der Waals surface area contributed by atoms with Gasteiger partial charge in [0.2, 0.25) is 5.96 Å². The summed E-state index contributed by atoms with van der Waals surface area (Å²) in [5.74, 6) is -0.869. The Kier molecular flexibility index (Phi) is 11.3. The van der Waals surface area contributed by atoms with Crippen LogP contribution in [0.4, 0.5) is 0 Å². The highest BCUT2D eigenvalue weighted by molar-refractivity contribution is 8.11. The van der Waals surface area contributed by atoms with Gasteiger partial charge >= 0.3 is 5.97 Å². The molecule has 11 heteroatoms. The maximum atomic E-state index is 10.8. The molecule has 0 amide bonds. The Labute approximate surface area is 143 Å². The fourth-order valence-corrected chi connectivity index (χ4v) is 1.91. The minimum atomic E-state index is -1.14. The zero-order valence-electron chi connectivity index (χ0n) is 11.2. The van der Waals surface area contributed by atoms with Gasteiger partial charge in [-0.25, -0.2) is 0 Å². The molecule has 0 saturated heterocycles. The van der Waals surface area contributed by atoms with Gasteiger partial charge in [0.25, 0.3) is 0 Å². The molecule has 0 heterocycles. The average molecular weight is 370 g/mol. The molecule has 8 nitrogen and oxygen atoms in total. The van der Waals surface area contributed by atoms with Crippen molar-refractivity contribution >= 4 is 54.1 Å². The van der Waals surface area contributed by atoms with E-state index in [4.69, 9.17) is 22.3 Å². The Morgan fingerprint density at radius 2 is 2.00 bits per heavy atom. The van der Waals surface area contributed by atoms with E-state index < -0.39 is 12.0 Å². The first kappa shape index (κ1) is 22.6. The summed E-state index contributed by atoms with van der Waals surface area (Å²) >= 11 is 1.23. The zero-order chi connectivity index (χ0) is 15.1. The third-order valence-corrected chi connectivity index (χ3v) is 2.98. The third kappa shape index (κ3) is 7.36. The van der Waals surface area contributed by atoms with Crippen LogP contribution < -0.4 is 17.2 Å². The first-order valence-electron chi connectivity index (χ1n) is 5.44. The second-order valence-electron chi connectivity index (χ2n) is 3.76. The van der Waals surface area contributed by atoms with Gasteiger partial charge in [-0.2, -0.15) is 0 Å². The summed E-state index contributed by atoms with van der Waals surface area (Å²) in [6.45, 7) is 0. The maximum absolute atomic E-state index is 10.8. The number of carboxylic acids is 1. The van der Waals surface area contributed by atoms with Crippen LogP contribution in [0.5, 0.6) is 5.75 Å². The van der Waals surface area contributed by atoms with Crippen molar-refractivity contribution in [1.29, 1.82) is 0 Å². The van der Waals surface area contributed by atoms with Crippen LogP contribution in [-0.2, 0) is 10.5 Å². The molecule has 0 bridgehead atoms. The molecule has 124 valence electrons. The molecule has 0 aromatic heterocycles. The van der Waals surface area contributed by atoms with Crippen molar-refractivity contribution in [2.24, 2.45) is 27.4 Å². The summed E-state index contributed by atoms with van der Waals surface area (Å²) in [5.41, 5.74) is 18.0. The summed E-state index contributed by atoms with van der Waals surface area (Å²) in [4.78, 5) is 10.8. The highest BCUT2D eigenvalue weighted by atomic mass is 35.5. The number of nitrogens with zero attached hydrogens (tertiary/aromatic N) is 2. The van der Waals surface area contributed by atoms with Crippen molar-refractivity contribution in [2.45, 2.75) is 11.8 Å². The number of aromatic hydroxyl groups is 1. The Morgan fingerprint density at radius 1 is 1.36 bits per heavy atom. The number of rotatable bonds is 6. The van der Waals surface area contributed by atoms with Crippen LogP contribution >= 0.6 is 36.6 Å². The Hall–Kier alpha value is -1.68. The molecule has 1 unspecified atom stereocenters. The van der Waals surface area contributed by atoms with E-state index in [0.29, 0.717) is 16.9 Å². The number of halogens is 2. The lowest BCUT2D eigenvalue weighted by Crippen LogP contribution is -2.21. The number of nitrogens with two attached hydrogens (primary N) is 3. The predicted octanol–water partition coefficient (Wildman–Crippen LogP) is 0.770. The number of thioether (sulfide) groups is 1. The minimum Gasteiger partial charge on any atom is -0.508 e. The van der Waals surface area contributed by atoms with Crippen LogP contribution in [0.2, 0.25) is 0 Å². The van der Waals surface area contributed by atoms with E-state index in [2.05, 4.69) is 10.2 Å². The molecule has 22 heavy (non-hydrogen) atoms. The lowest BCUT2D eigenvalue weighted by atomic mass is 10.0. The Balaban J connectivity index is 0. The van der Waals surface area contributed by atoms with Crippen LogP contribution in [0.3, 0.4) is 0 Å². The van der Waals surface area contributed by atoms with Gasteiger partial charge < -0.3 is 27.4 Å². The SMILES string of the molecule is Cl.Cl.NC(N)=NN=CSCc1cc(C(N)C(=O)O)ccc1O. The summed E-state index contributed by atoms with van der Waals surface area (Å²) in [6.07, 6.45) is 0. The van der Waals surface area contributed by atoms with Crippen molar-refractivity contribution < 1.29 is 15.0 Å². The van der Waals surface area contributed by atoms with Gasteiger partial charge in [-0.1, -0.05) is 6.07 Å². The van der Waals surface area contributed by atoms with Crippen LogP contribution in [0, 0.1) is 0 Å². The van der Waals surface area contributed by atoms with E-state index in [9.17, 15) is 9.90 Å². The molecule has 1 aromatic carbocycles. The largest absolute Gasteiger partial charge is 0.508 e. The molecule has 1 aromatic rings. The molecule has 0 fully saturated rings. The van der Waals surface area contributed by atoms with Crippen molar-refractivity contribution in [1.82, 2.24) is 0 Å². The number of hydrogen-bond acceptors (Lipinski definition) is 6. The van der Waals surface area contributed by atoms with E-state index in [1.165, 1.54) is 35.5 Å². The summed E-state index contributed by atoms with van der Waals surface area (Å²) < 4.78 is 0. The molecule has 1 rings (SSSR count). The minimum absolute atomic E-state index is 0. The molecule has 0 spiro atoms. The maximum Gasteiger partial charge on any atom is 0.325 e. The van der Waals surface area contributed by atoms with Crippen LogP contribution in [0.25, 0.3) is 0 Å². The second-order valence-corrected chi connectivity index (χ2v) is 4.59. The van der Waals surface area contributed by atoms with Crippen LogP contribution in [0.1, 0.15) is 17.2 Å². The van der Waals surface area contributed by atoms with Gasteiger partial charge in [-0.3, -0.25) is 4.79 Å². The highest BCUT2D eigenvalue weighted by Crippen LogP contribution is 2.25. The van der Waals surface area contributed by atoms with E-state index in [1.54, 1.807) is 0 Å². The number of carboxylic acid groups (broad SMARTS) is 1. The van der Waals surface area contributed by atoms with Crippen molar-refractivity contribution in [2.75, 3.05) is 0 Å². The molecule has 1 atom stereocenters. The van der Waals surface area contributed by atoms with Gasteiger partial charge in [-0.15, -0.1) is 46.8 Å². The number of carbonyl (C=O) groups is 1. The molecule has 8 N–H and O–H groups in total.